The lowest BCUT2D eigenvalue weighted by atomic mass is 9.91. The van der Waals surface area contributed by atoms with E-state index < -0.39 is 32.1 Å². The molecule has 1 heterocycles. The molecule has 10 heteroatoms. The van der Waals surface area contributed by atoms with Gasteiger partial charge in [0.2, 0.25) is 0 Å². The number of phosphoric ester groups is 1. The van der Waals surface area contributed by atoms with Crippen LogP contribution in [0.3, 0.4) is 0 Å². The first kappa shape index (κ1) is 25.7. The molecule has 3 N–H and O–H groups in total. The first-order valence-corrected chi connectivity index (χ1v) is 12.3. The molecule has 1 saturated carbocycles. The second-order valence-electron chi connectivity index (χ2n) is 9.01. The summed E-state index contributed by atoms with van der Waals surface area (Å²) in [4.78, 5) is 22.9. The van der Waals surface area contributed by atoms with Crippen LogP contribution in [0, 0.1) is 17.8 Å². The molecular formula is C20H38NO8P. The largest absolute Gasteiger partial charge is 0.529 e. The zero-order chi connectivity index (χ0) is 22.6. The molecule has 1 aliphatic heterocycles. The van der Waals surface area contributed by atoms with Crippen LogP contribution < -0.4 is 5.73 Å². The van der Waals surface area contributed by atoms with E-state index in [0.717, 1.165) is 0 Å². The Morgan fingerprint density at radius 3 is 2.37 bits per heavy atom. The fourth-order valence-electron chi connectivity index (χ4n) is 4.36. The third kappa shape index (κ3) is 6.99. The molecule has 0 amide bonds. The Bertz CT molecular complexity index is 616. The van der Waals surface area contributed by atoms with Crippen LogP contribution in [-0.2, 0) is 32.6 Å². The van der Waals surface area contributed by atoms with Crippen molar-refractivity contribution in [2.45, 2.75) is 91.0 Å². The Kier molecular flexibility index (Phi) is 9.31. The highest BCUT2D eigenvalue weighted by Gasteiger charge is 2.47. The first-order valence-electron chi connectivity index (χ1n) is 10.8. The van der Waals surface area contributed by atoms with E-state index in [4.69, 9.17) is 29.0 Å². The van der Waals surface area contributed by atoms with Crippen LogP contribution in [0.4, 0.5) is 0 Å². The molecule has 0 bridgehead atoms. The second-order valence-corrected chi connectivity index (χ2v) is 10.3. The van der Waals surface area contributed by atoms with Gasteiger partial charge in [-0.25, -0.2) is 9.36 Å². The highest BCUT2D eigenvalue weighted by molar-refractivity contribution is 7.48. The van der Waals surface area contributed by atoms with Gasteiger partial charge in [0, 0.05) is 12.3 Å². The minimum atomic E-state index is -4.66. The van der Waals surface area contributed by atoms with Crippen LogP contribution in [0.25, 0.3) is 0 Å². The smallest absolute Gasteiger partial charge is 0.378 e. The standard InChI is InChI=1S/C20H38NO8P/c1-11(2)25-10-16-15(9-21)13(5)7-17(16)28-30(23,24)29-20(22)19-18(26-12(3)4)8-14(6)27-19/h11-19H,7-10,21H2,1-6H3,(H,23,24)/t13-,14-,15?,16-,17+,18+,19-/m0/s1. The topological polar surface area (TPSA) is 127 Å². The number of hydrogen-bond donors (Lipinski definition) is 2. The molecule has 2 aliphatic rings. The van der Waals surface area contributed by atoms with E-state index in [1.54, 1.807) is 0 Å². The minimum absolute atomic E-state index is 0.0122. The Morgan fingerprint density at radius 2 is 1.80 bits per heavy atom. The van der Waals surface area contributed by atoms with Crippen LogP contribution in [0.2, 0.25) is 0 Å². The lowest BCUT2D eigenvalue weighted by Crippen LogP contribution is -2.36. The van der Waals surface area contributed by atoms with Crippen LogP contribution >= 0.6 is 7.82 Å². The summed E-state index contributed by atoms with van der Waals surface area (Å²) in [5.74, 6) is -0.829. The molecule has 30 heavy (non-hydrogen) atoms. The molecule has 176 valence electrons. The maximum absolute atomic E-state index is 12.7. The summed E-state index contributed by atoms with van der Waals surface area (Å²) < 4.78 is 40.0. The van der Waals surface area contributed by atoms with Crippen LogP contribution in [-0.4, -0.2) is 60.6 Å². The number of carbonyl (C=O) groups excluding carboxylic acids is 1. The molecule has 2 fully saturated rings. The number of hydrogen-bond acceptors (Lipinski definition) is 8. The average Bonchev–Trinajstić information content (AvgIpc) is 3.10. The summed E-state index contributed by atoms with van der Waals surface area (Å²) in [6.07, 6.45) is -1.48. The van der Waals surface area contributed by atoms with Gasteiger partial charge in [0.05, 0.1) is 37.1 Å². The van der Waals surface area contributed by atoms with E-state index in [1.165, 1.54) is 0 Å². The SMILES string of the molecule is CC(C)OC[C@H]1C(CN)[C@@H](C)C[C@H]1OP(=O)(O)OC(=O)[C@H]1O[C@@H](C)C[C@H]1OC(C)C. The van der Waals surface area contributed by atoms with Crippen molar-refractivity contribution in [1.82, 2.24) is 0 Å². The average molecular weight is 451 g/mol. The summed E-state index contributed by atoms with van der Waals surface area (Å²) in [5, 5.41) is 0. The third-order valence-electron chi connectivity index (χ3n) is 5.69. The summed E-state index contributed by atoms with van der Waals surface area (Å²) in [7, 11) is -4.66. The van der Waals surface area contributed by atoms with Gasteiger partial charge in [-0.2, -0.15) is 0 Å². The molecule has 1 saturated heterocycles. The lowest BCUT2D eigenvalue weighted by Gasteiger charge is -2.27. The van der Waals surface area contributed by atoms with Crippen molar-refractivity contribution >= 4 is 13.8 Å². The number of ether oxygens (including phenoxy) is 3. The fourth-order valence-corrected chi connectivity index (χ4v) is 5.32. The van der Waals surface area contributed by atoms with Crippen molar-refractivity contribution in [3.8, 4) is 0 Å². The predicted octanol–water partition coefficient (Wildman–Crippen LogP) is 2.64. The number of carbonyl (C=O) groups is 1. The Morgan fingerprint density at radius 1 is 1.13 bits per heavy atom. The van der Waals surface area contributed by atoms with Crippen molar-refractivity contribution in [2.24, 2.45) is 23.5 Å². The molecule has 0 aromatic rings. The van der Waals surface area contributed by atoms with E-state index in [9.17, 15) is 14.3 Å². The summed E-state index contributed by atoms with van der Waals surface area (Å²) in [6.45, 7) is 12.1. The summed E-state index contributed by atoms with van der Waals surface area (Å²) in [6, 6.07) is 0. The van der Waals surface area contributed by atoms with Crippen molar-refractivity contribution in [3.05, 3.63) is 0 Å². The lowest BCUT2D eigenvalue weighted by molar-refractivity contribution is -0.155. The number of phosphoric acid groups is 1. The second kappa shape index (κ2) is 10.9. The number of rotatable bonds is 10. The molecule has 8 atom stereocenters. The van der Waals surface area contributed by atoms with Crippen molar-refractivity contribution < 1.29 is 37.5 Å². The monoisotopic (exact) mass is 451 g/mol. The normalized spacial score (nSPS) is 36.4. The van der Waals surface area contributed by atoms with Crippen LogP contribution in [0.5, 0.6) is 0 Å². The van der Waals surface area contributed by atoms with E-state index in [0.29, 0.717) is 26.0 Å². The van der Waals surface area contributed by atoms with Gasteiger partial charge in [0.15, 0.2) is 6.10 Å². The van der Waals surface area contributed by atoms with E-state index in [-0.39, 0.29) is 36.1 Å². The Balaban J connectivity index is 2.03. The van der Waals surface area contributed by atoms with E-state index >= 15 is 0 Å². The summed E-state index contributed by atoms with van der Waals surface area (Å²) >= 11 is 0. The van der Waals surface area contributed by atoms with Gasteiger partial charge in [-0.15, -0.1) is 0 Å². The fraction of sp³-hybridized carbons (Fsp3) is 0.950. The Labute approximate surface area is 179 Å². The molecule has 0 spiro atoms. The molecule has 0 radical (unpaired) electrons. The van der Waals surface area contributed by atoms with E-state index in [1.807, 2.05) is 41.5 Å². The first-order chi connectivity index (χ1) is 13.9. The van der Waals surface area contributed by atoms with Gasteiger partial charge in [-0.3, -0.25) is 9.42 Å². The van der Waals surface area contributed by atoms with Gasteiger partial charge in [0.1, 0.15) is 0 Å². The maximum Gasteiger partial charge on any atom is 0.529 e. The molecule has 1 aliphatic carbocycles. The van der Waals surface area contributed by atoms with Crippen LogP contribution in [0.1, 0.15) is 54.4 Å². The van der Waals surface area contributed by atoms with Crippen LogP contribution in [0.15, 0.2) is 0 Å². The molecule has 9 nitrogen and oxygen atoms in total. The number of nitrogens with two attached hydrogens (primary N) is 1. The van der Waals surface area contributed by atoms with Gasteiger partial charge >= 0.3 is 13.8 Å². The van der Waals surface area contributed by atoms with Crippen molar-refractivity contribution in [3.63, 3.8) is 0 Å². The maximum atomic E-state index is 12.7. The van der Waals surface area contributed by atoms with Gasteiger partial charge in [-0.1, -0.05) is 6.92 Å². The Hall–Kier alpha value is -0.540. The highest BCUT2D eigenvalue weighted by Crippen LogP contribution is 2.51. The quantitative estimate of drug-likeness (QED) is 0.482. The zero-order valence-electron chi connectivity index (χ0n) is 18.9. The minimum Gasteiger partial charge on any atom is -0.378 e. The molecule has 0 aromatic carbocycles. The third-order valence-corrected chi connectivity index (χ3v) is 6.64. The molecule has 2 rings (SSSR count). The van der Waals surface area contributed by atoms with Crippen molar-refractivity contribution in [1.29, 1.82) is 0 Å². The predicted molar refractivity (Wildman–Crippen MR) is 111 cm³/mol. The van der Waals surface area contributed by atoms with Gasteiger partial charge in [0.25, 0.3) is 0 Å². The van der Waals surface area contributed by atoms with Gasteiger partial charge in [-0.05, 0) is 59.4 Å². The molecule has 2 unspecified atom stereocenters. The highest BCUT2D eigenvalue weighted by atomic mass is 31.2. The van der Waals surface area contributed by atoms with E-state index in [2.05, 4.69) is 0 Å². The molecule has 0 aromatic heterocycles. The molecular weight excluding hydrogens is 413 g/mol. The zero-order valence-corrected chi connectivity index (χ0v) is 19.7. The van der Waals surface area contributed by atoms with Crippen molar-refractivity contribution in [2.75, 3.05) is 13.2 Å². The summed E-state index contributed by atoms with van der Waals surface area (Å²) in [5.41, 5.74) is 5.92. The van der Waals surface area contributed by atoms with Gasteiger partial charge < -0.3 is 24.5 Å².